The van der Waals surface area contributed by atoms with Crippen molar-refractivity contribution in [2.24, 2.45) is 0 Å². The molecule has 0 radical (unpaired) electrons. The Balaban J connectivity index is 2.24. The van der Waals surface area contributed by atoms with E-state index in [1.807, 2.05) is 0 Å². The molecule has 0 saturated carbocycles. The first-order chi connectivity index (χ1) is 6.77. The van der Waals surface area contributed by atoms with E-state index in [2.05, 4.69) is 10.3 Å². The van der Waals surface area contributed by atoms with E-state index in [9.17, 15) is 9.18 Å². The van der Waals surface area contributed by atoms with Crippen LogP contribution in [0.25, 0.3) is 0 Å². The van der Waals surface area contributed by atoms with Crippen LogP contribution in [-0.4, -0.2) is 24.2 Å². The SMILES string of the molecule is O=c1cc(C2CCNCC2F)cc[nH]1. The first-order valence-corrected chi connectivity index (χ1v) is 4.81. The average molecular weight is 196 g/mol. The van der Waals surface area contributed by atoms with Crippen LogP contribution in [-0.2, 0) is 0 Å². The van der Waals surface area contributed by atoms with Gasteiger partial charge in [0.1, 0.15) is 6.17 Å². The number of piperidine rings is 1. The number of hydrogen-bond acceptors (Lipinski definition) is 2. The first kappa shape index (κ1) is 9.40. The normalized spacial score (nSPS) is 27.5. The maximum absolute atomic E-state index is 13.5. The fourth-order valence-electron chi connectivity index (χ4n) is 1.89. The number of H-pyrrole nitrogens is 1. The molecule has 14 heavy (non-hydrogen) atoms. The summed E-state index contributed by atoms with van der Waals surface area (Å²) in [5.74, 6) is -0.126. The maximum Gasteiger partial charge on any atom is 0.248 e. The minimum Gasteiger partial charge on any atom is -0.329 e. The topological polar surface area (TPSA) is 44.9 Å². The highest BCUT2D eigenvalue weighted by Gasteiger charge is 2.25. The quantitative estimate of drug-likeness (QED) is 0.697. The standard InChI is InChI=1S/C10H13FN2O/c11-9-6-12-3-2-8(9)7-1-4-13-10(14)5-7/h1,4-5,8-9,12H,2-3,6H2,(H,13,14). The summed E-state index contributed by atoms with van der Waals surface area (Å²) in [5, 5.41) is 2.99. The second-order valence-corrected chi connectivity index (χ2v) is 3.60. The highest BCUT2D eigenvalue weighted by Crippen LogP contribution is 2.26. The van der Waals surface area contributed by atoms with Crippen molar-refractivity contribution in [1.29, 1.82) is 0 Å². The van der Waals surface area contributed by atoms with Crippen molar-refractivity contribution in [3.63, 3.8) is 0 Å². The zero-order valence-electron chi connectivity index (χ0n) is 7.79. The van der Waals surface area contributed by atoms with Crippen LogP contribution in [0.3, 0.4) is 0 Å². The molecule has 3 nitrogen and oxygen atoms in total. The number of halogens is 1. The van der Waals surface area contributed by atoms with Crippen LogP contribution in [0.1, 0.15) is 17.9 Å². The van der Waals surface area contributed by atoms with Crippen molar-refractivity contribution < 1.29 is 4.39 Å². The van der Waals surface area contributed by atoms with Crippen molar-refractivity contribution in [3.8, 4) is 0 Å². The predicted octanol–water partition coefficient (Wildman–Crippen LogP) is 0.790. The van der Waals surface area contributed by atoms with Crippen LogP contribution in [0.2, 0.25) is 0 Å². The van der Waals surface area contributed by atoms with Gasteiger partial charge in [0.25, 0.3) is 0 Å². The van der Waals surface area contributed by atoms with Gasteiger partial charge in [-0.2, -0.15) is 0 Å². The Morgan fingerprint density at radius 2 is 2.36 bits per heavy atom. The van der Waals surface area contributed by atoms with Gasteiger partial charge in [0.15, 0.2) is 0 Å². The molecule has 0 spiro atoms. The molecule has 2 heterocycles. The predicted molar refractivity (Wildman–Crippen MR) is 52.2 cm³/mol. The molecule has 1 aromatic heterocycles. The van der Waals surface area contributed by atoms with E-state index in [0.717, 1.165) is 18.5 Å². The molecule has 0 aliphatic carbocycles. The zero-order valence-corrected chi connectivity index (χ0v) is 7.79. The van der Waals surface area contributed by atoms with Crippen molar-refractivity contribution in [2.75, 3.05) is 13.1 Å². The lowest BCUT2D eigenvalue weighted by atomic mass is 9.89. The molecule has 0 amide bonds. The number of aromatic amines is 1. The van der Waals surface area contributed by atoms with Gasteiger partial charge < -0.3 is 10.3 Å². The van der Waals surface area contributed by atoms with Gasteiger partial charge in [-0.05, 0) is 24.6 Å². The zero-order chi connectivity index (χ0) is 9.97. The van der Waals surface area contributed by atoms with Gasteiger partial charge in [0.05, 0.1) is 0 Å². The Hall–Kier alpha value is -1.16. The fourth-order valence-corrected chi connectivity index (χ4v) is 1.89. The molecule has 1 fully saturated rings. The summed E-state index contributed by atoms with van der Waals surface area (Å²) in [6.45, 7) is 1.20. The van der Waals surface area contributed by atoms with Crippen LogP contribution in [0.5, 0.6) is 0 Å². The molecule has 2 rings (SSSR count). The maximum atomic E-state index is 13.5. The smallest absolute Gasteiger partial charge is 0.248 e. The number of aromatic nitrogens is 1. The number of nitrogens with one attached hydrogen (secondary N) is 2. The van der Waals surface area contributed by atoms with Crippen molar-refractivity contribution in [3.05, 3.63) is 34.2 Å². The third kappa shape index (κ3) is 1.85. The molecule has 4 heteroatoms. The summed E-state index contributed by atoms with van der Waals surface area (Å²) >= 11 is 0. The van der Waals surface area contributed by atoms with E-state index in [0.29, 0.717) is 6.54 Å². The largest absolute Gasteiger partial charge is 0.329 e. The van der Waals surface area contributed by atoms with E-state index >= 15 is 0 Å². The summed E-state index contributed by atoms with van der Waals surface area (Å²) in [6.07, 6.45) is 1.45. The molecule has 2 N–H and O–H groups in total. The Labute approximate surface area is 81.3 Å². The Bertz CT molecular complexity index is 363. The van der Waals surface area contributed by atoms with E-state index in [4.69, 9.17) is 0 Å². The molecular weight excluding hydrogens is 183 g/mol. The Morgan fingerprint density at radius 3 is 3.07 bits per heavy atom. The van der Waals surface area contributed by atoms with Gasteiger partial charge >= 0.3 is 0 Å². The second-order valence-electron chi connectivity index (χ2n) is 3.60. The molecule has 1 aliphatic rings. The van der Waals surface area contributed by atoms with E-state index in [1.165, 1.54) is 6.07 Å². The highest BCUT2D eigenvalue weighted by molar-refractivity contribution is 5.18. The average Bonchev–Trinajstić information content (AvgIpc) is 2.18. The van der Waals surface area contributed by atoms with Gasteiger partial charge in [0.2, 0.25) is 5.56 Å². The molecular formula is C10H13FN2O. The van der Waals surface area contributed by atoms with Gasteiger partial charge in [-0.15, -0.1) is 0 Å². The van der Waals surface area contributed by atoms with E-state index < -0.39 is 6.17 Å². The molecule has 0 aromatic carbocycles. The first-order valence-electron chi connectivity index (χ1n) is 4.81. The lowest BCUT2D eigenvalue weighted by molar-refractivity contribution is 0.231. The van der Waals surface area contributed by atoms with Gasteiger partial charge in [-0.25, -0.2) is 4.39 Å². The van der Waals surface area contributed by atoms with Crippen molar-refractivity contribution >= 4 is 0 Å². The van der Waals surface area contributed by atoms with Crippen LogP contribution in [0.15, 0.2) is 23.1 Å². The lowest BCUT2D eigenvalue weighted by Gasteiger charge is -2.26. The van der Waals surface area contributed by atoms with E-state index in [1.54, 1.807) is 12.3 Å². The molecule has 1 aliphatic heterocycles. The highest BCUT2D eigenvalue weighted by atomic mass is 19.1. The molecule has 2 unspecified atom stereocenters. The van der Waals surface area contributed by atoms with Gasteiger partial charge in [0, 0.05) is 24.7 Å². The summed E-state index contributed by atoms with van der Waals surface area (Å²) in [5.41, 5.74) is 0.649. The second kappa shape index (κ2) is 3.92. The molecule has 76 valence electrons. The van der Waals surface area contributed by atoms with Crippen molar-refractivity contribution in [2.45, 2.75) is 18.5 Å². The third-order valence-electron chi connectivity index (χ3n) is 2.64. The summed E-state index contributed by atoms with van der Waals surface area (Å²) in [4.78, 5) is 13.6. The van der Waals surface area contributed by atoms with Crippen LogP contribution >= 0.6 is 0 Å². The van der Waals surface area contributed by atoms with Crippen LogP contribution in [0, 0.1) is 0 Å². The minimum atomic E-state index is -0.884. The van der Waals surface area contributed by atoms with E-state index in [-0.39, 0.29) is 11.5 Å². The third-order valence-corrected chi connectivity index (χ3v) is 2.64. The minimum absolute atomic E-state index is 0.126. The number of hydrogen-bond donors (Lipinski definition) is 2. The lowest BCUT2D eigenvalue weighted by Crippen LogP contribution is -2.37. The molecule has 1 saturated heterocycles. The number of alkyl halides is 1. The summed E-state index contributed by atoms with van der Waals surface area (Å²) in [7, 11) is 0. The number of rotatable bonds is 1. The molecule has 1 aromatic rings. The fraction of sp³-hybridized carbons (Fsp3) is 0.500. The summed E-state index contributed by atoms with van der Waals surface area (Å²) < 4.78 is 13.5. The number of pyridine rings is 1. The summed E-state index contributed by atoms with van der Waals surface area (Å²) in [6, 6.07) is 3.27. The Kier molecular flexibility index (Phi) is 2.63. The van der Waals surface area contributed by atoms with Crippen LogP contribution < -0.4 is 10.9 Å². The van der Waals surface area contributed by atoms with Gasteiger partial charge in [-0.1, -0.05) is 0 Å². The molecule has 2 atom stereocenters. The monoisotopic (exact) mass is 196 g/mol. The van der Waals surface area contributed by atoms with Gasteiger partial charge in [-0.3, -0.25) is 4.79 Å². The van der Waals surface area contributed by atoms with Crippen LogP contribution in [0.4, 0.5) is 4.39 Å². The Morgan fingerprint density at radius 1 is 1.50 bits per heavy atom. The van der Waals surface area contributed by atoms with Crippen molar-refractivity contribution in [1.82, 2.24) is 10.3 Å². The molecule has 0 bridgehead atoms.